The van der Waals surface area contributed by atoms with Crippen LogP contribution in [0.4, 0.5) is 17.1 Å². The van der Waals surface area contributed by atoms with E-state index in [-0.39, 0.29) is 36.5 Å². The molecule has 4 amide bonds. The number of rotatable bonds is 4. The van der Waals surface area contributed by atoms with Gasteiger partial charge in [0.15, 0.2) is 0 Å². The molecule has 2 aliphatic rings. The largest absolute Gasteiger partial charge is 0.321 e. The van der Waals surface area contributed by atoms with Crippen LogP contribution in [0.5, 0.6) is 0 Å². The lowest BCUT2D eigenvalue weighted by Gasteiger charge is -2.27. The summed E-state index contributed by atoms with van der Waals surface area (Å²) in [6.45, 7) is 0.640. The molecule has 9 heteroatoms. The third-order valence-corrected chi connectivity index (χ3v) is 5.35. The quantitative estimate of drug-likeness (QED) is 0.785. The van der Waals surface area contributed by atoms with Crippen LogP contribution in [-0.2, 0) is 14.4 Å². The van der Waals surface area contributed by atoms with Crippen LogP contribution in [0.15, 0.2) is 42.5 Å². The van der Waals surface area contributed by atoms with Crippen molar-refractivity contribution in [2.75, 3.05) is 21.8 Å². The summed E-state index contributed by atoms with van der Waals surface area (Å²) in [4.78, 5) is 49.8. The number of carbonyl (C=O) groups excluding carboxylic acids is 4. The van der Waals surface area contributed by atoms with E-state index in [1.807, 2.05) is 0 Å². The van der Waals surface area contributed by atoms with E-state index in [1.54, 1.807) is 47.4 Å². The Labute approximate surface area is 177 Å². The standard InChI is InChI=1S/C21H19ClN4O4/c22-16-8-7-15(25-11-1-2-19(25)28)12-17(16)23-21(30)13-3-5-14(6-4-13)26-20(29)10-9-18(27)24-26/h3-8,12H,1-2,9-11H2,(H,23,30)(H,24,27). The molecule has 0 aliphatic carbocycles. The number of nitrogens with one attached hydrogen (secondary N) is 2. The van der Waals surface area contributed by atoms with Crippen molar-refractivity contribution in [2.24, 2.45) is 0 Å². The first-order valence-electron chi connectivity index (χ1n) is 9.56. The highest BCUT2D eigenvalue weighted by atomic mass is 35.5. The molecular weight excluding hydrogens is 408 g/mol. The summed E-state index contributed by atoms with van der Waals surface area (Å²) in [5, 5.41) is 4.30. The van der Waals surface area contributed by atoms with E-state index < -0.39 is 0 Å². The topological polar surface area (TPSA) is 98.8 Å². The molecule has 2 fully saturated rings. The van der Waals surface area contributed by atoms with E-state index in [0.717, 1.165) is 6.42 Å². The van der Waals surface area contributed by atoms with Crippen molar-refractivity contribution in [2.45, 2.75) is 25.7 Å². The number of halogens is 1. The molecule has 2 N–H and O–H groups in total. The Kier molecular flexibility index (Phi) is 5.41. The van der Waals surface area contributed by atoms with Crippen molar-refractivity contribution in [3.05, 3.63) is 53.1 Å². The first kappa shape index (κ1) is 19.9. The van der Waals surface area contributed by atoms with Gasteiger partial charge in [0.1, 0.15) is 0 Å². The number of nitrogens with zero attached hydrogens (tertiary/aromatic N) is 2. The van der Waals surface area contributed by atoms with Gasteiger partial charge in [0.2, 0.25) is 17.7 Å². The molecule has 30 heavy (non-hydrogen) atoms. The fourth-order valence-electron chi connectivity index (χ4n) is 3.44. The van der Waals surface area contributed by atoms with Gasteiger partial charge in [0.25, 0.3) is 5.91 Å². The molecule has 2 aromatic rings. The molecule has 2 saturated heterocycles. The highest BCUT2D eigenvalue weighted by molar-refractivity contribution is 6.34. The predicted octanol–water partition coefficient (Wildman–Crippen LogP) is 2.88. The second-order valence-electron chi connectivity index (χ2n) is 7.08. The summed E-state index contributed by atoms with van der Waals surface area (Å²) < 4.78 is 0. The second-order valence-corrected chi connectivity index (χ2v) is 7.49. The third kappa shape index (κ3) is 3.99. The van der Waals surface area contributed by atoms with Crippen LogP contribution in [0.2, 0.25) is 5.02 Å². The highest BCUT2D eigenvalue weighted by Crippen LogP contribution is 2.30. The molecule has 0 bridgehead atoms. The van der Waals surface area contributed by atoms with Crippen LogP contribution in [0.1, 0.15) is 36.0 Å². The number of amides is 4. The first-order valence-corrected chi connectivity index (χ1v) is 9.94. The van der Waals surface area contributed by atoms with Crippen molar-refractivity contribution < 1.29 is 19.2 Å². The van der Waals surface area contributed by atoms with E-state index in [4.69, 9.17) is 11.6 Å². The highest BCUT2D eigenvalue weighted by Gasteiger charge is 2.25. The van der Waals surface area contributed by atoms with Gasteiger partial charge in [-0.3, -0.25) is 24.6 Å². The van der Waals surface area contributed by atoms with Crippen LogP contribution in [0.3, 0.4) is 0 Å². The van der Waals surface area contributed by atoms with E-state index in [0.29, 0.717) is 40.6 Å². The minimum atomic E-state index is -0.387. The summed E-state index contributed by atoms with van der Waals surface area (Å²) in [5.41, 5.74) is 4.43. The summed E-state index contributed by atoms with van der Waals surface area (Å²) in [6, 6.07) is 11.4. The van der Waals surface area contributed by atoms with Gasteiger partial charge in [0, 0.05) is 37.1 Å². The van der Waals surface area contributed by atoms with Gasteiger partial charge >= 0.3 is 0 Å². The lowest BCUT2D eigenvalue weighted by Crippen LogP contribution is -2.50. The maximum atomic E-state index is 12.7. The van der Waals surface area contributed by atoms with Crippen LogP contribution in [0, 0.1) is 0 Å². The van der Waals surface area contributed by atoms with Gasteiger partial charge in [-0.05, 0) is 48.9 Å². The molecular formula is C21H19ClN4O4. The second kappa shape index (κ2) is 8.16. The Bertz CT molecular complexity index is 1040. The Balaban J connectivity index is 1.49. The van der Waals surface area contributed by atoms with Gasteiger partial charge < -0.3 is 10.2 Å². The van der Waals surface area contributed by atoms with E-state index >= 15 is 0 Å². The van der Waals surface area contributed by atoms with Gasteiger partial charge in [-0.1, -0.05) is 11.6 Å². The number of anilines is 3. The first-order chi connectivity index (χ1) is 14.4. The summed E-state index contributed by atoms with van der Waals surface area (Å²) in [5.74, 6) is -0.791. The van der Waals surface area contributed by atoms with Gasteiger partial charge in [-0.25, -0.2) is 5.01 Å². The minimum Gasteiger partial charge on any atom is -0.321 e. The van der Waals surface area contributed by atoms with E-state index in [1.165, 1.54) is 5.01 Å². The number of carbonyl (C=O) groups is 4. The molecule has 154 valence electrons. The molecule has 2 aromatic carbocycles. The molecule has 0 radical (unpaired) electrons. The van der Waals surface area contributed by atoms with Crippen LogP contribution in [0.25, 0.3) is 0 Å². The van der Waals surface area contributed by atoms with E-state index in [2.05, 4.69) is 10.7 Å². The lowest BCUT2D eigenvalue weighted by molar-refractivity contribution is -0.130. The summed E-state index contributed by atoms with van der Waals surface area (Å²) in [6.07, 6.45) is 1.62. The smallest absolute Gasteiger partial charge is 0.255 e. The maximum Gasteiger partial charge on any atom is 0.255 e. The van der Waals surface area contributed by atoms with Gasteiger partial charge in [-0.2, -0.15) is 0 Å². The average Bonchev–Trinajstić information content (AvgIpc) is 3.17. The van der Waals surface area contributed by atoms with E-state index in [9.17, 15) is 19.2 Å². The fraction of sp³-hybridized carbons (Fsp3) is 0.238. The molecule has 0 spiro atoms. The molecule has 8 nitrogen and oxygen atoms in total. The monoisotopic (exact) mass is 426 g/mol. The SMILES string of the molecule is O=C1CCC(=O)N(c2ccc(C(=O)Nc3cc(N4CCCC4=O)ccc3Cl)cc2)N1. The minimum absolute atomic E-state index is 0.0459. The average molecular weight is 427 g/mol. The predicted molar refractivity (Wildman–Crippen MR) is 112 cm³/mol. The van der Waals surface area contributed by atoms with Crippen molar-refractivity contribution in [1.29, 1.82) is 0 Å². The number of hydrazine groups is 1. The molecule has 0 unspecified atom stereocenters. The lowest BCUT2D eigenvalue weighted by atomic mass is 10.1. The zero-order valence-corrected chi connectivity index (χ0v) is 16.7. The molecule has 4 rings (SSSR count). The van der Waals surface area contributed by atoms with Crippen molar-refractivity contribution in [3.8, 4) is 0 Å². The zero-order chi connectivity index (χ0) is 21.3. The van der Waals surface area contributed by atoms with Crippen molar-refractivity contribution in [1.82, 2.24) is 5.43 Å². The van der Waals surface area contributed by atoms with Gasteiger partial charge in [0.05, 0.1) is 16.4 Å². The molecule has 0 aromatic heterocycles. The number of benzene rings is 2. The Morgan fingerprint density at radius 3 is 2.37 bits per heavy atom. The molecule has 2 aliphatic heterocycles. The zero-order valence-electron chi connectivity index (χ0n) is 16.0. The molecule has 2 heterocycles. The molecule has 0 saturated carbocycles. The van der Waals surface area contributed by atoms with Crippen LogP contribution < -0.4 is 20.7 Å². The normalized spacial score (nSPS) is 16.6. The number of hydrogen-bond donors (Lipinski definition) is 2. The molecule has 0 atom stereocenters. The Morgan fingerprint density at radius 1 is 0.933 bits per heavy atom. The van der Waals surface area contributed by atoms with Gasteiger partial charge in [-0.15, -0.1) is 0 Å². The van der Waals surface area contributed by atoms with Crippen LogP contribution in [-0.4, -0.2) is 30.2 Å². The summed E-state index contributed by atoms with van der Waals surface area (Å²) >= 11 is 6.22. The summed E-state index contributed by atoms with van der Waals surface area (Å²) in [7, 11) is 0. The Morgan fingerprint density at radius 2 is 1.67 bits per heavy atom. The Hall–Kier alpha value is -3.39. The number of hydrogen-bond acceptors (Lipinski definition) is 4. The van der Waals surface area contributed by atoms with Crippen molar-refractivity contribution in [3.63, 3.8) is 0 Å². The fourth-order valence-corrected chi connectivity index (χ4v) is 3.60. The maximum absolute atomic E-state index is 12.7. The van der Waals surface area contributed by atoms with Crippen LogP contribution >= 0.6 is 11.6 Å². The van der Waals surface area contributed by atoms with Crippen molar-refractivity contribution >= 4 is 52.3 Å². The third-order valence-electron chi connectivity index (χ3n) is 5.02.